The molecule has 1 aromatic heterocycles. The van der Waals surface area contributed by atoms with Crippen molar-refractivity contribution in [3.63, 3.8) is 0 Å². The average Bonchev–Trinajstić information content (AvgIpc) is 3.07. The highest BCUT2D eigenvalue weighted by Crippen LogP contribution is 2.27. The first kappa shape index (κ1) is 21.1. The van der Waals surface area contributed by atoms with Crippen LogP contribution in [0.15, 0.2) is 52.7 Å². The van der Waals surface area contributed by atoms with E-state index in [4.69, 9.17) is 11.6 Å². The lowest BCUT2D eigenvalue weighted by molar-refractivity contribution is 0.114. The molecule has 0 aliphatic rings. The maximum atomic E-state index is 12.6. The normalized spacial score (nSPS) is 15.8. The van der Waals surface area contributed by atoms with Crippen LogP contribution in [0.2, 0.25) is 4.34 Å². The highest BCUT2D eigenvalue weighted by Gasteiger charge is 2.29. The van der Waals surface area contributed by atoms with Gasteiger partial charge in [-0.3, -0.25) is 0 Å². The van der Waals surface area contributed by atoms with E-state index in [1.54, 1.807) is 6.07 Å². The van der Waals surface area contributed by atoms with Gasteiger partial charge >= 0.3 is 0 Å². The van der Waals surface area contributed by atoms with E-state index in [9.17, 15) is 13.5 Å². The van der Waals surface area contributed by atoms with E-state index in [2.05, 4.69) is 4.72 Å². The van der Waals surface area contributed by atoms with Crippen molar-refractivity contribution in [3.05, 3.63) is 58.4 Å². The lowest BCUT2D eigenvalue weighted by atomic mass is 9.93. The van der Waals surface area contributed by atoms with Crippen LogP contribution in [-0.4, -0.2) is 25.7 Å². The number of hydrogen-bond donors (Lipinski definition) is 2. The van der Waals surface area contributed by atoms with Gasteiger partial charge in [-0.1, -0.05) is 74.4 Å². The molecule has 0 amide bonds. The molecule has 0 bridgehead atoms. The predicted molar refractivity (Wildman–Crippen MR) is 109 cm³/mol. The van der Waals surface area contributed by atoms with E-state index in [0.29, 0.717) is 10.8 Å². The molecule has 0 radical (unpaired) electrons. The van der Waals surface area contributed by atoms with Crippen LogP contribution < -0.4 is 4.72 Å². The number of sulfonamides is 1. The Hall–Kier alpha value is -1.18. The van der Waals surface area contributed by atoms with Gasteiger partial charge in [0, 0.05) is 0 Å². The summed E-state index contributed by atoms with van der Waals surface area (Å²) in [6, 6.07) is 12.2. The molecule has 2 rings (SSSR count). The number of nitrogens with one attached hydrogen (secondary N) is 1. The predicted octanol–water partition coefficient (Wildman–Crippen LogP) is 4.56. The molecule has 0 aliphatic heterocycles. The monoisotopic (exact) mass is 413 g/mol. The SMILES string of the molecule is CC[C@H](C)C(NS(=O)(=O)c1ccc(Cl)s1)[C@@H](O)CC=Cc1ccccc1. The highest BCUT2D eigenvalue weighted by atomic mass is 35.5. The number of halogens is 1. The van der Waals surface area contributed by atoms with Crippen LogP contribution in [0.3, 0.4) is 0 Å². The second kappa shape index (κ2) is 9.67. The van der Waals surface area contributed by atoms with Gasteiger partial charge in [0.05, 0.1) is 16.5 Å². The summed E-state index contributed by atoms with van der Waals surface area (Å²) < 4.78 is 28.4. The Bertz CT molecular complexity index is 818. The van der Waals surface area contributed by atoms with Crippen molar-refractivity contribution in [2.24, 2.45) is 5.92 Å². The van der Waals surface area contributed by atoms with Crippen molar-refractivity contribution in [2.75, 3.05) is 0 Å². The number of aliphatic hydroxyl groups is 1. The topological polar surface area (TPSA) is 66.4 Å². The fourth-order valence-corrected chi connectivity index (χ4v) is 5.44. The van der Waals surface area contributed by atoms with Crippen LogP contribution in [0.25, 0.3) is 6.08 Å². The molecule has 3 atom stereocenters. The largest absolute Gasteiger partial charge is 0.391 e. The number of hydrogen-bond acceptors (Lipinski definition) is 4. The Morgan fingerprint density at radius 2 is 1.92 bits per heavy atom. The van der Waals surface area contributed by atoms with Gasteiger partial charge < -0.3 is 5.11 Å². The molecule has 0 spiro atoms. The van der Waals surface area contributed by atoms with Crippen molar-refractivity contribution in [1.82, 2.24) is 4.72 Å². The van der Waals surface area contributed by atoms with E-state index < -0.39 is 22.2 Å². The van der Waals surface area contributed by atoms with E-state index in [-0.39, 0.29) is 10.1 Å². The van der Waals surface area contributed by atoms with Gasteiger partial charge in [-0.2, -0.15) is 0 Å². The van der Waals surface area contributed by atoms with Gasteiger partial charge in [0.15, 0.2) is 0 Å². The van der Waals surface area contributed by atoms with Crippen LogP contribution in [0.1, 0.15) is 32.3 Å². The van der Waals surface area contributed by atoms with Gasteiger partial charge in [0.1, 0.15) is 4.21 Å². The first-order chi connectivity index (χ1) is 12.3. The van der Waals surface area contributed by atoms with Crippen LogP contribution in [0, 0.1) is 5.92 Å². The van der Waals surface area contributed by atoms with Crippen molar-refractivity contribution >= 4 is 39.0 Å². The number of thiophene rings is 1. The van der Waals surface area contributed by atoms with Gasteiger partial charge in [-0.15, -0.1) is 11.3 Å². The van der Waals surface area contributed by atoms with Crippen LogP contribution in [0.4, 0.5) is 0 Å². The first-order valence-corrected chi connectivity index (χ1v) is 11.2. The Morgan fingerprint density at radius 1 is 1.23 bits per heavy atom. The molecule has 2 aromatic rings. The number of aliphatic hydroxyl groups excluding tert-OH is 1. The summed E-state index contributed by atoms with van der Waals surface area (Å²) in [6.07, 6.45) is 4.07. The van der Waals surface area contributed by atoms with Gasteiger partial charge in [-0.05, 0) is 30.0 Å². The Morgan fingerprint density at radius 3 is 2.50 bits per heavy atom. The van der Waals surface area contributed by atoms with Gasteiger partial charge in [0.25, 0.3) is 0 Å². The molecule has 1 heterocycles. The molecule has 0 saturated carbocycles. The third-order valence-corrected chi connectivity index (χ3v) is 7.45. The van der Waals surface area contributed by atoms with Crippen LogP contribution in [-0.2, 0) is 10.0 Å². The lowest BCUT2D eigenvalue weighted by Crippen LogP contribution is -2.47. The zero-order valence-electron chi connectivity index (χ0n) is 14.8. The fraction of sp³-hybridized carbons (Fsp3) is 0.368. The molecule has 1 aromatic carbocycles. The lowest BCUT2D eigenvalue weighted by Gasteiger charge is -2.28. The van der Waals surface area contributed by atoms with Crippen molar-refractivity contribution < 1.29 is 13.5 Å². The number of benzene rings is 1. The fourth-order valence-electron chi connectivity index (χ4n) is 2.56. The molecule has 4 nitrogen and oxygen atoms in total. The summed E-state index contributed by atoms with van der Waals surface area (Å²) in [4.78, 5) is 0. The minimum atomic E-state index is -3.72. The summed E-state index contributed by atoms with van der Waals surface area (Å²) in [5.41, 5.74) is 1.04. The summed E-state index contributed by atoms with van der Waals surface area (Å²) >= 11 is 6.85. The van der Waals surface area contributed by atoms with Gasteiger partial charge in [-0.25, -0.2) is 13.1 Å². The highest BCUT2D eigenvalue weighted by molar-refractivity contribution is 7.91. The molecule has 0 aliphatic carbocycles. The van der Waals surface area contributed by atoms with Crippen LogP contribution in [0.5, 0.6) is 0 Å². The van der Waals surface area contributed by atoms with Crippen molar-refractivity contribution in [3.8, 4) is 0 Å². The standard InChI is InChI=1S/C19H24ClNO3S2/c1-3-14(2)19(21-26(23,24)18-13-12-17(20)25-18)16(22)11-7-10-15-8-5-4-6-9-15/h4-10,12-14,16,19,21-22H,3,11H2,1-2H3/t14-,16-,19?/m0/s1. The average molecular weight is 414 g/mol. The Balaban J connectivity index is 2.09. The third-order valence-electron chi connectivity index (χ3n) is 4.26. The van der Waals surface area contributed by atoms with E-state index in [1.807, 2.05) is 56.3 Å². The molecule has 0 saturated heterocycles. The van der Waals surface area contributed by atoms with Crippen molar-refractivity contribution in [1.29, 1.82) is 0 Å². The second-order valence-corrected chi connectivity index (χ2v) is 9.86. The molecule has 1 unspecified atom stereocenters. The maximum Gasteiger partial charge on any atom is 0.250 e. The van der Waals surface area contributed by atoms with E-state index >= 15 is 0 Å². The molecular weight excluding hydrogens is 390 g/mol. The summed E-state index contributed by atoms with van der Waals surface area (Å²) in [6.45, 7) is 3.90. The Labute approximate surface area is 164 Å². The van der Waals surface area contributed by atoms with Crippen LogP contribution >= 0.6 is 22.9 Å². The molecule has 7 heteroatoms. The molecule has 26 heavy (non-hydrogen) atoms. The minimum absolute atomic E-state index is 0.0136. The molecule has 0 fully saturated rings. The summed E-state index contributed by atoms with van der Waals surface area (Å²) in [7, 11) is -3.72. The minimum Gasteiger partial charge on any atom is -0.391 e. The smallest absolute Gasteiger partial charge is 0.250 e. The first-order valence-electron chi connectivity index (χ1n) is 8.50. The third kappa shape index (κ3) is 5.93. The summed E-state index contributed by atoms with van der Waals surface area (Å²) in [5, 5.41) is 10.6. The molecule has 2 N–H and O–H groups in total. The number of rotatable bonds is 9. The second-order valence-electron chi connectivity index (χ2n) is 6.21. The zero-order chi connectivity index (χ0) is 19.2. The van der Waals surface area contributed by atoms with E-state index in [0.717, 1.165) is 23.3 Å². The Kier molecular flexibility index (Phi) is 7.85. The molecular formula is C19H24ClNO3S2. The van der Waals surface area contributed by atoms with Gasteiger partial charge in [0.2, 0.25) is 10.0 Å². The summed E-state index contributed by atoms with van der Waals surface area (Å²) in [5.74, 6) is -0.0136. The quantitative estimate of drug-likeness (QED) is 0.633. The zero-order valence-corrected chi connectivity index (χ0v) is 17.2. The molecule has 142 valence electrons. The van der Waals surface area contributed by atoms with E-state index in [1.165, 1.54) is 6.07 Å². The van der Waals surface area contributed by atoms with Crippen molar-refractivity contribution in [2.45, 2.75) is 43.0 Å². The maximum absolute atomic E-state index is 12.6.